The molecule has 0 aliphatic carbocycles. The molecule has 0 saturated carbocycles. The summed E-state index contributed by atoms with van der Waals surface area (Å²) in [6.07, 6.45) is 7.03. The Morgan fingerprint density at radius 1 is 1.14 bits per heavy atom. The van der Waals surface area contributed by atoms with Gasteiger partial charge in [-0.1, -0.05) is 23.2 Å². The third kappa shape index (κ3) is 4.06. The summed E-state index contributed by atoms with van der Waals surface area (Å²) in [5.41, 5.74) is 0.858. The van der Waals surface area contributed by atoms with Gasteiger partial charge in [-0.25, -0.2) is 9.97 Å². The van der Waals surface area contributed by atoms with Crippen molar-refractivity contribution in [2.75, 3.05) is 13.1 Å². The van der Waals surface area contributed by atoms with Crippen molar-refractivity contribution >= 4 is 23.2 Å². The van der Waals surface area contributed by atoms with Gasteiger partial charge < -0.3 is 4.74 Å². The van der Waals surface area contributed by atoms with Gasteiger partial charge in [-0.15, -0.1) is 0 Å². The molecular formula is C15H16Cl2N4O. The fraction of sp³-hybridized carbons (Fsp3) is 0.400. The Labute approximate surface area is 139 Å². The van der Waals surface area contributed by atoms with E-state index in [0.29, 0.717) is 16.1 Å². The summed E-state index contributed by atoms with van der Waals surface area (Å²) in [5.74, 6) is 0. The van der Waals surface area contributed by atoms with Crippen molar-refractivity contribution in [1.29, 1.82) is 0 Å². The van der Waals surface area contributed by atoms with Crippen molar-refractivity contribution in [2.24, 2.45) is 0 Å². The van der Waals surface area contributed by atoms with Crippen LogP contribution >= 0.6 is 23.2 Å². The third-order valence-corrected chi connectivity index (χ3v) is 4.14. The van der Waals surface area contributed by atoms with E-state index in [1.54, 1.807) is 30.7 Å². The summed E-state index contributed by atoms with van der Waals surface area (Å²) < 4.78 is 5.79. The number of piperidine rings is 1. The molecule has 0 radical (unpaired) electrons. The molecule has 1 fully saturated rings. The fourth-order valence-electron chi connectivity index (χ4n) is 2.45. The lowest BCUT2D eigenvalue weighted by Gasteiger charge is -2.31. The zero-order valence-corrected chi connectivity index (χ0v) is 13.5. The van der Waals surface area contributed by atoms with Crippen molar-refractivity contribution in [3.8, 4) is 6.01 Å². The second kappa shape index (κ2) is 7.22. The first-order valence-corrected chi connectivity index (χ1v) is 7.92. The Morgan fingerprint density at radius 2 is 1.86 bits per heavy atom. The minimum Gasteiger partial charge on any atom is -0.460 e. The molecule has 0 spiro atoms. The maximum atomic E-state index is 6.17. The Kier molecular flexibility index (Phi) is 5.08. The van der Waals surface area contributed by atoms with Gasteiger partial charge in [-0.3, -0.25) is 9.88 Å². The molecule has 0 amide bonds. The van der Waals surface area contributed by atoms with Crippen LogP contribution < -0.4 is 4.74 Å². The Bertz CT molecular complexity index is 618. The van der Waals surface area contributed by atoms with Crippen LogP contribution in [0, 0.1) is 0 Å². The minimum absolute atomic E-state index is 0.160. The molecule has 3 rings (SSSR count). The van der Waals surface area contributed by atoms with Gasteiger partial charge in [0, 0.05) is 38.2 Å². The number of aromatic nitrogens is 3. The molecule has 1 aliphatic rings. The van der Waals surface area contributed by atoms with Gasteiger partial charge in [0.1, 0.15) is 6.10 Å². The number of halogens is 2. The smallest absolute Gasteiger partial charge is 0.316 e. The Hall–Kier alpha value is -1.43. The summed E-state index contributed by atoms with van der Waals surface area (Å²) in [6.45, 7) is 2.58. The van der Waals surface area contributed by atoms with Gasteiger partial charge >= 0.3 is 6.01 Å². The van der Waals surface area contributed by atoms with Crippen LogP contribution in [0.15, 0.2) is 30.7 Å². The van der Waals surface area contributed by atoms with Crippen LogP contribution in [0.2, 0.25) is 10.0 Å². The van der Waals surface area contributed by atoms with E-state index in [1.807, 2.05) is 0 Å². The van der Waals surface area contributed by atoms with E-state index in [1.165, 1.54) is 0 Å². The highest BCUT2D eigenvalue weighted by atomic mass is 35.5. The summed E-state index contributed by atoms with van der Waals surface area (Å²) in [5, 5.41) is 1.17. The first kappa shape index (κ1) is 15.5. The summed E-state index contributed by atoms with van der Waals surface area (Å²) in [7, 11) is 0. The highest BCUT2D eigenvalue weighted by molar-refractivity contribution is 6.34. The van der Waals surface area contributed by atoms with Crippen LogP contribution in [0.5, 0.6) is 6.01 Å². The molecule has 0 aromatic carbocycles. The summed E-state index contributed by atoms with van der Waals surface area (Å²) in [4.78, 5) is 14.8. The van der Waals surface area contributed by atoms with Crippen molar-refractivity contribution in [1.82, 2.24) is 19.9 Å². The highest BCUT2D eigenvalue weighted by Crippen LogP contribution is 2.22. The first-order valence-electron chi connectivity index (χ1n) is 7.16. The van der Waals surface area contributed by atoms with Gasteiger partial charge in [-0.2, -0.15) is 0 Å². The largest absolute Gasteiger partial charge is 0.460 e. The predicted molar refractivity (Wildman–Crippen MR) is 85.2 cm³/mol. The average Bonchev–Trinajstić information content (AvgIpc) is 2.53. The second-order valence-corrected chi connectivity index (χ2v) is 6.05. The monoisotopic (exact) mass is 338 g/mol. The van der Waals surface area contributed by atoms with Crippen molar-refractivity contribution in [2.45, 2.75) is 25.5 Å². The molecule has 0 N–H and O–H groups in total. The lowest BCUT2D eigenvalue weighted by molar-refractivity contribution is 0.0886. The number of rotatable bonds is 4. The molecule has 5 nitrogen and oxygen atoms in total. The molecule has 0 unspecified atom stereocenters. The van der Waals surface area contributed by atoms with Crippen LogP contribution in [-0.4, -0.2) is 39.0 Å². The van der Waals surface area contributed by atoms with E-state index in [9.17, 15) is 0 Å². The van der Waals surface area contributed by atoms with E-state index < -0.39 is 0 Å². The number of ether oxygens (including phenoxy) is 1. The van der Waals surface area contributed by atoms with E-state index in [0.717, 1.165) is 38.2 Å². The summed E-state index contributed by atoms with van der Waals surface area (Å²) >= 11 is 12.0. The van der Waals surface area contributed by atoms with Crippen LogP contribution in [0.25, 0.3) is 0 Å². The molecule has 22 heavy (non-hydrogen) atoms. The SMILES string of the molecule is Clc1cnc(CN2CCC(Oc3ncccn3)CC2)c(Cl)c1. The lowest BCUT2D eigenvalue weighted by atomic mass is 10.1. The van der Waals surface area contributed by atoms with E-state index in [2.05, 4.69) is 19.9 Å². The number of likely N-dealkylation sites (tertiary alicyclic amines) is 1. The summed E-state index contributed by atoms with van der Waals surface area (Å²) in [6, 6.07) is 3.95. The van der Waals surface area contributed by atoms with Crippen molar-refractivity contribution < 1.29 is 4.74 Å². The standard InChI is InChI=1S/C15H16Cl2N4O/c16-11-8-13(17)14(20-9-11)10-21-6-2-12(3-7-21)22-15-18-4-1-5-19-15/h1,4-5,8-9,12H,2-3,6-7,10H2. The zero-order valence-electron chi connectivity index (χ0n) is 12.0. The maximum absolute atomic E-state index is 6.17. The van der Waals surface area contributed by atoms with Crippen LogP contribution in [0.4, 0.5) is 0 Å². The van der Waals surface area contributed by atoms with Crippen LogP contribution in [0.3, 0.4) is 0 Å². The van der Waals surface area contributed by atoms with E-state index >= 15 is 0 Å². The van der Waals surface area contributed by atoms with Gasteiger partial charge in [0.15, 0.2) is 0 Å². The predicted octanol–water partition coefficient (Wildman–Crippen LogP) is 3.22. The first-order chi connectivity index (χ1) is 10.7. The van der Waals surface area contributed by atoms with Crippen molar-refractivity contribution in [3.05, 3.63) is 46.5 Å². The molecule has 0 atom stereocenters. The van der Waals surface area contributed by atoms with Crippen LogP contribution in [-0.2, 0) is 6.54 Å². The molecule has 116 valence electrons. The molecule has 1 aliphatic heterocycles. The highest BCUT2D eigenvalue weighted by Gasteiger charge is 2.22. The second-order valence-electron chi connectivity index (χ2n) is 5.21. The van der Waals surface area contributed by atoms with Gasteiger partial charge in [0.05, 0.1) is 15.7 Å². The topological polar surface area (TPSA) is 51.1 Å². The molecule has 1 saturated heterocycles. The molecule has 0 bridgehead atoms. The lowest BCUT2D eigenvalue weighted by Crippen LogP contribution is -2.38. The van der Waals surface area contributed by atoms with Gasteiger partial charge in [0.2, 0.25) is 0 Å². The average molecular weight is 339 g/mol. The molecule has 3 heterocycles. The molecule has 2 aromatic rings. The van der Waals surface area contributed by atoms with Crippen LogP contribution in [0.1, 0.15) is 18.5 Å². The zero-order chi connectivity index (χ0) is 15.4. The van der Waals surface area contributed by atoms with E-state index in [4.69, 9.17) is 27.9 Å². The number of nitrogens with zero attached hydrogens (tertiary/aromatic N) is 4. The number of hydrogen-bond acceptors (Lipinski definition) is 5. The quantitative estimate of drug-likeness (QED) is 0.856. The fourth-order valence-corrected chi connectivity index (χ4v) is 2.89. The van der Waals surface area contributed by atoms with Gasteiger partial charge in [0.25, 0.3) is 0 Å². The molecular weight excluding hydrogens is 323 g/mol. The van der Waals surface area contributed by atoms with E-state index in [-0.39, 0.29) is 6.10 Å². The molecule has 2 aromatic heterocycles. The van der Waals surface area contributed by atoms with Gasteiger partial charge in [-0.05, 0) is 25.0 Å². The number of pyridine rings is 1. The number of hydrogen-bond donors (Lipinski definition) is 0. The third-order valence-electron chi connectivity index (χ3n) is 3.61. The molecule has 7 heteroatoms. The van der Waals surface area contributed by atoms with Crippen molar-refractivity contribution in [3.63, 3.8) is 0 Å². The maximum Gasteiger partial charge on any atom is 0.316 e. The Balaban J connectivity index is 1.51. The Morgan fingerprint density at radius 3 is 2.55 bits per heavy atom. The minimum atomic E-state index is 0.160. The normalized spacial score (nSPS) is 16.6.